The molecular weight excluding hydrogens is 416 g/mol. The Morgan fingerprint density at radius 3 is 2.90 bits per heavy atom. The number of benzene rings is 1. The molecule has 0 atom stereocenters. The number of nitro benzene ring substituents is 1. The maximum absolute atomic E-state index is 12.6. The van der Waals surface area contributed by atoms with Gasteiger partial charge in [0.05, 0.1) is 10.6 Å². The Labute approximate surface area is 182 Å². The third-order valence-electron chi connectivity index (χ3n) is 4.53. The summed E-state index contributed by atoms with van der Waals surface area (Å²) in [6, 6.07) is 9.91. The van der Waals surface area contributed by atoms with Gasteiger partial charge in [0, 0.05) is 30.4 Å². The van der Waals surface area contributed by atoms with Crippen molar-refractivity contribution in [1.82, 2.24) is 14.8 Å². The van der Waals surface area contributed by atoms with E-state index in [2.05, 4.69) is 22.4 Å². The molecule has 0 aliphatic rings. The SMILES string of the molecule is CCCCc1nnc(NC(=O)/C(C#N)=C\c2cccn2-c2cc([N+](=O)[O-])ccc2C)s1. The van der Waals surface area contributed by atoms with E-state index in [4.69, 9.17) is 0 Å². The number of carbonyl (C=O) groups is 1. The molecule has 9 nitrogen and oxygen atoms in total. The van der Waals surface area contributed by atoms with Crippen LogP contribution in [0.25, 0.3) is 11.8 Å². The zero-order valence-corrected chi connectivity index (χ0v) is 17.8. The van der Waals surface area contributed by atoms with Gasteiger partial charge in [-0.25, -0.2) is 0 Å². The molecular formula is C21H20N6O3S. The van der Waals surface area contributed by atoms with Gasteiger partial charge in [-0.1, -0.05) is 30.7 Å². The summed E-state index contributed by atoms with van der Waals surface area (Å²) in [6.45, 7) is 3.91. The first-order chi connectivity index (χ1) is 14.9. The van der Waals surface area contributed by atoms with Crippen molar-refractivity contribution >= 4 is 34.1 Å². The van der Waals surface area contributed by atoms with Gasteiger partial charge < -0.3 is 4.57 Å². The largest absolute Gasteiger partial charge is 0.317 e. The fourth-order valence-electron chi connectivity index (χ4n) is 2.90. The smallest absolute Gasteiger partial charge is 0.271 e. The van der Waals surface area contributed by atoms with Crippen LogP contribution < -0.4 is 5.32 Å². The number of aromatic nitrogens is 3. The van der Waals surface area contributed by atoms with Crippen molar-refractivity contribution in [3.8, 4) is 11.8 Å². The Hall–Kier alpha value is -3.84. The molecule has 0 unspecified atom stereocenters. The molecule has 2 heterocycles. The van der Waals surface area contributed by atoms with E-state index in [-0.39, 0.29) is 11.3 Å². The molecule has 0 fully saturated rings. The molecule has 0 bridgehead atoms. The highest BCUT2D eigenvalue weighted by molar-refractivity contribution is 7.15. The Morgan fingerprint density at radius 1 is 1.39 bits per heavy atom. The van der Waals surface area contributed by atoms with E-state index < -0.39 is 10.8 Å². The van der Waals surface area contributed by atoms with Crippen molar-refractivity contribution in [2.24, 2.45) is 0 Å². The van der Waals surface area contributed by atoms with Gasteiger partial charge in [0.15, 0.2) is 0 Å². The van der Waals surface area contributed by atoms with Crippen LogP contribution in [0.15, 0.2) is 42.1 Å². The fraction of sp³-hybridized carbons (Fsp3) is 0.238. The van der Waals surface area contributed by atoms with E-state index in [9.17, 15) is 20.2 Å². The van der Waals surface area contributed by atoms with Crippen molar-refractivity contribution < 1.29 is 9.72 Å². The quantitative estimate of drug-likeness (QED) is 0.241. The van der Waals surface area contributed by atoms with Crippen molar-refractivity contribution in [2.45, 2.75) is 33.1 Å². The highest BCUT2D eigenvalue weighted by Gasteiger charge is 2.15. The van der Waals surface area contributed by atoms with Gasteiger partial charge in [0.25, 0.3) is 11.6 Å². The number of aryl methyl sites for hydroxylation is 2. The molecule has 0 saturated heterocycles. The van der Waals surface area contributed by atoms with Crippen molar-refractivity contribution in [3.05, 3.63) is 68.5 Å². The molecule has 1 amide bonds. The zero-order valence-electron chi connectivity index (χ0n) is 17.0. The molecule has 158 valence electrons. The van der Waals surface area contributed by atoms with E-state index in [1.807, 2.05) is 13.0 Å². The number of nitriles is 1. The number of nitro groups is 1. The van der Waals surface area contributed by atoms with Gasteiger partial charge >= 0.3 is 0 Å². The van der Waals surface area contributed by atoms with E-state index in [0.29, 0.717) is 16.5 Å². The Morgan fingerprint density at radius 2 is 2.19 bits per heavy atom. The summed E-state index contributed by atoms with van der Waals surface area (Å²) in [5.41, 5.74) is 1.78. The summed E-state index contributed by atoms with van der Waals surface area (Å²) >= 11 is 1.28. The average Bonchev–Trinajstić information content (AvgIpc) is 3.39. The third kappa shape index (κ3) is 5.21. The predicted molar refractivity (Wildman–Crippen MR) is 118 cm³/mol. The van der Waals surface area contributed by atoms with Gasteiger partial charge in [0.2, 0.25) is 5.13 Å². The summed E-state index contributed by atoms with van der Waals surface area (Å²) in [6.07, 6.45) is 5.97. The number of carbonyl (C=O) groups excluding carboxylic acids is 1. The molecule has 31 heavy (non-hydrogen) atoms. The highest BCUT2D eigenvalue weighted by Crippen LogP contribution is 2.24. The standard InChI is InChI=1S/C21H20N6O3S/c1-3-4-7-19-24-25-21(31-19)23-20(28)15(13-22)11-16-6-5-10-26(16)18-12-17(27(29)30)9-8-14(18)2/h5-6,8-12H,3-4,7H2,1-2H3,(H,23,25,28)/b15-11-. The minimum Gasteiger partial charge on any atom is -0.317 e. The highest BCUT2D eigenvalue weighted by atomic mass is 32.1. The second-order valence-corrected chi connectivity index (χ2v) is 7.82. The maximum Gasteiger partial charge on any atom is 0.271 e. The van der Waals surface area contributed by atoms with Crippen LogP contribution in [0.4, 0.5) is 10.8 Å². The number of hydrogen-bond donors (Lipinski definition) is 1. The Bertz CT molecular complexity index is 1190. The minimum absolute atomic E-state index is 0.0439. The number of rotatable bonds is 8. The lowest BCUT2D eigenvalue weighted by atomic mass is 10.1. The summed E-state index contributed by atoms with van der Waals surface area (Å²) < 4.78 is 1.70. The van der Waals surface area contributed by atoms with Gasteiger partial charge in [-0.05, 0) is 37.1 Å². The van der Waals surface area contributed by atoms with Crippen LogP contribution in [0.3, 0.4) is 0 Å². The second-order valence-electron chi connectivity index (χ2n) is 6.76. The molecule has 0 aliphatic carbocycles. The number of amides is 1. The molecule has 2 aromatic heterocycles. The number of anilines is 1. The maximum atomic E-state index is 12.6. The first kappa shape index (κ1) is 21.9. The van der Waals surface area contributed by atoms with Crippen molar-refractivity contribution in [2.75, 3.05) is 5.32 Å². The van der Waals surface area contributed by atoms with Crippen LogP contribution in [0, 0.1) is 28.4 Å². The second kappa shape index (κ2) is 9.77. The summed E-state index contributed by atoms with van der Waals surface area (Å²) in [7, 11) is 0. The third-order valence-corrected chi connectivity index (χ3v) is 5.43. The van der Waals surface area contributed by atoms with Gasteiger partial charge in [-0.3, -0.25) is 20.2 Å². The number of hydrogen-bond acceptors (Lipinski definition) is 7. The molecule has 10 heteroatoms. The summed E-state index contributed by atoms with van der Waals surface area (Å²) in [5, 5.41) is 32.4. The van der Waals surface area contributed by atoms with Gasteiger partial charge in [-0.15, -0.1) is 10.2 Å². The van der Waals surface area contributed by atoms with Crippen LogP contribution in [-0.2, 0) is 11.2 Å². The lowest BCUT2D eigenvalue weighted by Gasteiger charge is -2.10. The normalized spacial score (nSPS) is 11.2. The van der Waals surface area contributed by atoms with E-state index in [0.717, 1.165) is 29.8 Å². The van der Waals surface area contributed by atoms with Crippen LogP contribution in [-0.4, -0.2) is 25.6 Å². The Balaban J connectivity index is 1.86. The fourth-order valence-corrected chi connectivity index (χ4v) is 3.67. The topological polar surface area (TPSA) is 127 Å². The first-order valence-corrected chi connectivity index (χ1v) is 10.4. The lowest BCUT2D eigenvalue weighted by molar-refractivity contribution is -0.384. The first-order valence-electron chi connectivity index (χ1n) is 9.61. The zero-order chi connectivity index (χ0) is 22.4. The van der Waals surface area contributed by atoms with Crippen LogP contribution in [0.5, 0.6) is 0 Å². The molecule has 1 aromatic carbocycles. The predicted octanol–water partition coefficient (Wildman–Crippen LogP) is 4.43. The molecule has 3 rings (SSSR count). The number of nitrogens with one attached hydrogen (secondary N) is 1. The molecule has 0 spiro atoms. The van der Waals surface area contributed by atoms with Crippen LogP contribution in [0.1, 0.15) is 36.0 Å². The van der Waals surface area contributed by atoms with E-state index in [1.165, 1.54) is 29.5 Å². The molecule has 0 radical (unpaired) electrons. The molecule has 0 saturated carbocycles. The van der Waals surface area contributed by atoms with E-state index >= 15 is 0 Å². The Kier molecular flexibility index (Phi) is 6.89. The lowest BCUT2D eigenvalue weighted by Crippen LogP contribution is -2.13. The van der Waals surface area contributed by atoms with Crippen LogP contribution in [0.2, 0.25) is 0 Å². The van der Waals surface area contributed by atoms with Crippen molar-refractivity contribution in [3.63, 3.8) is 0 Å². The van der Waals surface area contributed by atoms with Crippen LogP contribution >= 0.6 is 11.3 Å². The molecule has 0 aliphatic heterocycles. The minimum atomic E-state index is -0.593. The molecule has 1 N–H and O–H groups in total. The van der Waals surface area contributed by atoms with Gasteiger partial charge in [-0.2, -0.15) is 5.26 Å². The summed E-state index contributed by atoms with van der Waals surface area (Å²) in [4.78, 5) is 23.3. The van der Waals surface area contributed by atoms with E-state index in [1.54, 1.807) is 29.0 Å². The monoisotopic (exact) mass is 436 g/mol. The van der Waals surface area contributed by atoms with Gasteiger partial charge in [0.1, 0.15) is 16.6 Å². The average molecular weight is 436 g/mol. The molecule has 3 aromatic rings. The number of non-ortho nitro benzene ring substituents is 1. The number of unbranched alkanes of at least 4 members (excludes halogenated alkanes) is 1. The summed E-state index contributed by atoms with van der Waals surface area (Å²) in [5.74, 6) is -0.593. The van der Waals surface area contributed by atoms with Crippen molar-refractivity contribution in [1.29, 1.82) is 5.26 Å². The number of nitrogens with zero attached hydrogens (tertiary/aromatic N) is 5.